The van der Waals surface area contributed by atoms with Gasteiger partial charge < -0.3 is 5.32 Å². The molecule has 0 aliphatic carbocycles. The minimum absolute atomic E-state index is 0.926. The minimum Gasteiger partial charge on any atom is -0.366 e. The molecule has 0 saturated carbocycles. The van der Waals surface area contributed by atoms with E-state index in [1.165, 1.54) is 5.57 Å². The first-order chi connectivity index (χ1) is 4.86. The molecule has 3 heteroatoms. The second kappa shape index (κ2) is 1.87. The zero-order valence-corrected chi connectivity index (χ0v) is 5.81. The molecule has 1 aromatic rings. The number of nitrogens with one attached hydrogen (secondary N) is 2. The summed E-state index contributed by atoms with van der Waals surface area (Å²) >= 11 is 0. The van der Waals surface area contributed by atoms with E-state index in [-0.39, 0.29) is 0 Å². The Balaban J connectivity index is 2.50. The molecular formula is C7H9N3. The molecule has 52 valence electrons. The molecule has 2 heterocycles. The number of aromatic amines is 1. The summed E-state index contributed by atoms with van der Waals surface area (Å²) in [6.07, 6.45) is 3.96. The van der Waals surface area contributed by atoms with E-state index in [0.717, 1.165) is 17.9 Å². The highest BCUT2D eigenvalue weighted by Crippen LogP contribution is 2.19. The molecule has 0 fully saturated rings. The maximum Gasteiger partial charge on any atom is 0.129 e. The molecule has 0 amide bonds. The Kier molecular flexibility index (Phi) is 1.03. The number of aromatic nitrogens is 2. The summed E-state index contributed by atoms with van der Waals surface area (Å²) in [7, 11) is 0. The smallest absolute Gasteiger partial charge is 0.129 e. The quantitative estimate of drug-likeness (QED) is 0.562. The third-order valence-electron chi connectivity index (χ3n) is 1.61. The second-order valence-electron chi connectivity index (χ2n) is 2.54. The van der Waals surface area contributed by atoms with Crippen molar-refractivity contribution in [2.24, 2.45) is 0 Å². The van der Waals surface area contributed by atoms with Crippen molar-refractivity contribution in [1.29, 1.82) is 0 Å². The van der Waals surface area contributed by atoms with Crippen molar-refractivity contribution in [3.63, 3.8) is 0 Å². The van der Waals surface area contributed by atoms with Crippen molar-refractivity contribution in [2.75, 3.05) is 11.9 Å². The van der Waals surface area contributed by atoms with Crippen LogP contribution >= 0.6 is 0 Å². The molecule has 0 unspecified atom stereocenters. The minimum atomic E-state index is 0.926. The van der Waals surface area contributed by atoms with E-state index >= 15 is 0 Å². The van der Waals surface area contributed by atoms with E-state index in [1.54, 1.807) is 0 Å². The summed E-state index contributed by atoms with van der Waals surface area (Å²) in [5, 5.41) is 9.98. The fraction of sp³-hybridized carbons (Fsp3) is 0.286. The third-order valence-corrected chi connectivity index (χ3v) is 1.61. The van der Waals surface area contributed by atoms with Crippen LogP contribution in [0, 0.1) is 0 Å². The summed E-state index contributed by atoms with van der Waals surface area (Å²) < 4.78 is 0. The average Bonchev–Trinajstić information content (AvgIpc) is 2.33. The summed E-state index contributed by atoms with van der Waals surface area (Å²) in [4.78, 5) is 0. The lowest BCUT2D eigenvalue weighted by atomic mass is 10.1. The fourth-order valence-electron chi connectivity index (χ4n) is 1.09. The third kappa shape index (κ3) is 0.708. The van der Waals surface area contributed by atoms with Crippen molar-refractivity contribution in [1.82, 2.24) is 10.2 Å². The van der Waals surface area contributed by atoms with Gasteiger partial charge in [-0.25, -0.2) is 0 Å². The second-order valence-corrected chi connectivity index (χ2v) is 2.54. The van der Waals surface area contributed by atoms with Crippen LogP contribution in [0.15, 0.2) is 11.8 Å². The van der Waals surface area contributed by atoms with Crippen LogP contribution in [-0.2, 0) is 0 Å². The molecule has 1 aliphatic heterocycles. The van der Waals surface area contributed by atoms with Crippen LogP contribution in [0.5, 0.6) is 0 Å². The summed E-state index contributed by atoms with van der Waals surface area (Å²) in [6.45, 7) is 3.03. The number of fused-ring (bicyclic) bond motifs is 1. The molecule has 3 nitrogen and oxygen atoms in total. The van der Waals surface area contributed by atoms with E-state index in [9.17, 15) is 0 Å². The highest BCUT2D eigenvalue weighted by Gasteiger charge is 2.06. The molecular weight excluding hydrogens is 126 g/mol. The van der Waals surface area contributed by atoms with Crippen LogP contribution in [0.1, 0.15) is 12.5 Å². The predicted molar refractivity (Wildman–Crippen MR) is 40.7 cm³/mol. The van der Waals surface area contributed by atoms with Gasteiger partial charge in [-0.15, -0.1) is 0 Å². The normalized spacial score (nSPS) is 15.5. The molecule has 0 aromatic carbocycles. The van der Waals surface area contributed by atoms with Gasteiger partial charge in [-0.2, -0.15) is 5.10 Å². The molecule has 0 bridgehead atoms. The summed E-state index contributed by atoms with van der Waals surface area (Å²) in [6, 6.07) is 0. The molecule has 0 spiro atoms. The van der Waals surface area contributed by atoms with Gasteiger partial charge in [0.15, 0.2) is 0 Å². The van der Waals surface area contributed by atoms with E-state index in [1.807, 2.05) is 6.20 Å². The van der Waals surface area contributed by atoms with Crippen molar-refractivity contribution in [2.45, 2.75) is 6.92 Å². The van der Waals surface area contributed by atoms with Crippen LogP contribution in [0.2, 0.25) is 0 Å². The predicted octanol–water partition coefficient (Wildman–Crippen LogP) is 1.24. The Morgan fingerprint density at radius 1 is 1.60 bits per heavy atom. The first-order valence-corrected chi connectivity index (χ1v) is 3.30. The molecule has 1 aliphatic rings. The standard InChI is InChI=1S/C7H9N3/c1-5-2-6-4-9-10-7(6)8-3-5/h2,4H,3H2,1H3,(H2,8,9,10). The summed E-state index contributed by atoms with van der Waals surface area (Å²) in [5.74, 6) is 1.03. The van der Waals surface area contributed by atoms with Gasteiger partial charge in [0.2, 0.25) is 0 Å². The maximum atomic E-state index is 3.91. The first kappa shape index (κ1) is 5.53. The lowest BCUT2D eigenvalue weighted by Gasteiger charge is -2.10. The van der Waals surface area contributed by atoms with Gasteiger partial charge >= 0.3 is 0 Å². The molecule has 2 rings (SSSR count). The molecule has 0 atom stereocenters. The number of hydrogen-bond donors (Lipinski definition) is 2. The highest BCUT2D eigenvalue weighted by molar-refractivity contribution is 5.67. The van der Waals surface area contributed by atoms with Gasteiger partial charge in [0.05, 0.1) is 6.20 Å². The number of anilines is 1. The molecule has 0 radical (unpaired) electrons. The SMILES string of the molecule is CC1=Cc2cn[nH]c2NC1. The lowest BCUT2D eigenvalue weighted by molar-refractivity contribution is 1.07. The topological polar surface area (TPSA) is 40.7 Å². The van der Waals surface area contributed by atoms with Crippen molar-refractivity contribution >= 4 is 11.9 Å². The zero-order chi connectivity index (χ0) is 6.97. The number of rotatable bonds is 0. The monoisotopic (exact) mass is 135 g/mol. The van der Waals surface area contributed by atoms with Crippen LogP contribution in [-0.4, -0.2) is 16.7 Å². The van der Waals surface area contributed by atoms with Gasteiger partial charge in [0.25, 0.3) is 0 Å². The van der Waals surface area contributed by atoms with Crippen LogP contribution < -0.4 is 5.32 Å². The van der Waals surface area contributed by atoms with Crippen LogP contribution in [0.3, 0.4) is 0 Å². The average molecular weight is 135 g/mol. The van der Waals surface area contributed by atoms with Gasteiger partial charge in [-0.3, -0.25) is 5.10 Å². The number of H-pyrrole nitrogens is 1. The van der Waals surface area contributed by atoms with E-state index < -0.39 is 0 Å². The Bertz CT molecular complexity index is 272. The Labute approximate surface area is 59.1 Å². The number of hydrogen-bond acceptors (Lipinski definition) is 2. The molecule has 1 aromatic heterocycles. The van der Waals surface area contributed by atoms with Crippen molar-refractivity contribution < 1.29 is 0 Å². The molecule has 0 saturated heterocycles. The lowest BCUT2D eigenvalue weighted by Crippen LogP contribution is -2.07. The fourth-order valence-corrected chi connectivity index (χ4v) is 1.09. The Morgan fingerprint density at radius 2 is 2.50 bits per heavy atom. The van der Waals surface area contributed by atoms with E-state index in [4.69, 9.17) is 0 Å². The largest absolute Gasteiger partial charge is 0.366 e. The Morgan fingerprint density at radius 3 is 3.40 bits per heavy atom. The first-order valence-electron chi connectivity index (χ1n) is 3.30. The molecule has 10 heavy (non-hydrogen) atoms. The highest BCUT2D eigenvalue weighted by atomic mass is 15.2. The van der Waals surface area contributed by atoms with Crippen LogP contribution in [0.25, 0.3) is 6.08 Å². The van der Waals surface area contributed by atoms with Crippen molar-refractivity contribution in [3.05, 3.63) is 17.3 Å². The van der Waals surface area contributed by atoms with Gasteiger partial charge in [0.1, 0.15) is 5.82 Å². The Hall–Kier alpha value is -1.25. The number of nitrogens with zero attached hydrogens (tertiary/aromatic N) is 1. The zero-order valence-electron chi connectivity index (χ0n) is 5.81. The van der Waals surface area contributed by atoms with Gasteiger partial charge in [0, 0.05) is 12.1 Å². The summed E-state index contributed by atoms with van der Waals surface area (Å²) in [5.41, 5.74) is 2.50. The maximum absolute atomic E-state index is 3.91. The van der Waals surface area contributed by atoms with E-state index in [0.29, 0.717) is 0 Å². The van der Waals surface area contributed by atoms with Crippen LogP contribution in [0.4, 0.5) is 5.82 Å². The van der Waals surface area contributed by atoms with E-state index in [2.05, 4.69) is 28.5 Å². The van der Waals surface area contributed by atoms with Gasteiger partial charge in [-0.05, 0) is 13.0 Å². The van der Waals surface area contributed by atoms with Gasteiger partial charge in [-0.1, -0.05) is 5.57 Å². The molecule has 2 N–H and O–H groups in total. The van der Waals surface area contributed by atoms with Crippen molar-refractivity contribution in [3.8, 4) is 0 Å².